The molecule has 1 nitrogen and oxygen atoms in total. The van der Waals surface area contributed by atoms with Gasteiger partial charge in [0.2, 0.25) is 5.92 Å². The Morgan fingerprint density at radius 2 is 1.76 bits per heavy atom. The Bertz CT molecular complexity index is 285. The number of hydrogen-bond donors (Lipinski definition) is 0. The SMILES string of the molecule is CC(C)(CO[C@H]1C[C@H](C)C1)C1(C)CC(F)(F)C1. The second-order valence-corrected chi connectivity index (χ2v) is 7.16. The van der Waals surface area contributed by atoms with Gasteiger partial charge in [-0.15, -0.1) is 0 Å². The first-order chi connectivity index (χ1) is 7.64. The van der Waals surface area contributed by atoms with E-state index in [1.807, 2.05) is 6.92 Å². The van der Waals surface area contributed by atoms with E-state index in [9.17, 15) is 8.78 Å². The Balaban J connectivity index is 1.82. The highest BCUT2D eigenvalue weighted by Crippen LogP contribution is 2.60. The standard InChI is InChI=1S/C14H24F2O/c1-10-5-11(6-10)17-9-12(2,3)13(4)7-14(15,16)8-13/h10-11H,5-9H2,1-4H3/t10-,11-. The molecule has 2 fully saturated rings. The zero-order valence-electron chi connectivity index (χ0n) is 11.4. The molecule has 0 heterocycles. The Morgan fingerprint density at radius 1 is 1.24 bits per heavy atom. The highest BCUT2D eigenvalue weighted by atomic mass is 19.3. The number of alkyl halides is 2. The second-order valence-electron chi connectivity index (χ2n) is 7.16. The van der Waals surface area contributed by atoms with Crippen LogP contribution in [0.4, 0.5) is 8.78 Å². The molecule has 0 aromatic rings. The molecule has 0 atom stereocenters. The van der Waals surface area contributed by atoms with Gasteiger partial charge < -0.3 is 4.74 Å². The highest BCUT2D eigenvalue weighted by Gasteiger charge is 2.60. The predicted octanol–water partition coefficient (Wildman–Crippen LogP) is 4.26. The molecule has 17 heavy (non-hydrogen) atoms. The number of hydrogen-bond acceptors (Lipinski definition) is 1. The fourth-order valence-corrected chi connectivity index (χ4v) is 3.03. The molecule has 2 rings (SSSR count). The maximum atomic E-state index is 13.1. The topological polar surface area (TPSA) is 9.23 Å². The van der Waals surface area contributed by atoms with Crippen molar-refractivity contribution in [2.24, 2.45) is 16.7 Å². The average molecular weight is 246 g/mol. The van der Waals surface area contributed by atoms with Crippen molar-refractivity contribution in [3.05, 3.63) is 0 Å². The minimum absolute atomic E-state index is 0.0113. The van der Waals surface area contributed by atoms with Crippen LogP contribution in [-0.4, -0.2) is 18.6 Å². The summed E-state index contributed by atoms with van der Waals surface area (Å²) >= 11 is 0. The molecule has 0 bridgehead atoms. The molecule has 2 aliphatic rings. The molecular weight excluding hydrogens is 222 g/mol. The molecule has 0 unspecified atom stereocenters. The smallest absolute Gasteiger partial charge is 0.249 e. The Kier molecular flexibility index (Phi) is 3.05. The van der Waals surface area contributed by atoms with Crippen molar-refractivity contribution in [2.45, 2.75) is 65.4 Å². The van der Waals surface area contributed by atoms with Crippen molar-refractivity contribution in [1.29, 1.82) is 0 Å². The van der Waals surface area contributed by atoms with Gasteiger partial charge in [-0.2, -0.15) is 0 Å². The quantitative estimate of drug-likeness (QED) is 0.720. The summed E-state index contributed by atoms with van der Waals surface area (Å²) in [6.45, 7) is 8.92. The fourth-order valence-electron chi connectivity index (χ4n) is 3.03. The van der Waals surface area contributed by atoms with E-state index < -0.39 is 5.92 Å². The molecule has 3 heteroatoms. The van der Waals surface area contributed by atoms with Crippen LogP contribution in [0.2, 0.25) is 0 Å². The molecule has 0 aromatic carbocycles. The van der Waals surface area contributed by atoms with E-state index in [1.54, 1.807) is 0 Å². The van der Waals surface area contributed by atoms with Crippen molar-refractivity contribution >= 4 is 0 Å². The monoisotopic (exact) mass is 246 g/mol. The zero-order valence-corrected chi connectivity index (χ0v) is 11.4. The van der Waals surface area contributed by atoms with E-state index in [0.717, 1.165) is 18.8 Å². The average Bonchev–Trinajstić information content (AvgIpc) is 2.07. The summed E-state index contributed by atoms with van der Waals surface area (Å²) in [4.78, 5) is 0. The summed E-state index contributed by atoms with van der Waals surface area (Å²) in [5.41, 5.74) is -0.431. The first-order valence-electron chi connectivity index (χ1n) is 6.63. The first-order valence-corrected chi connectivity index (χ1v) is 6.63. The van der Waals surface area contributed by atoms with Crippen LogP contribution in [0, 0.1) is 16.7 Å². The Hall–Kier alpha value is -0.180. The lowest BCUT2D eigenvalue weighted by molar-refractivity contribution is -0.212. The maximum absolute atomic E-state index is 13.1. The fraction of sp³-hybridized carbons (Fsp3) is 1.00. The Morgan fingerprint density at radius 3 is 2.18 bits per heavy atom. The van der Waals surface area contributed by atoms with Gasteiger partial charge in [0.15, 0.2) is 0 Å². The minimum Gasteiger partial charge on any atom is -0.378 e. The minimum atomic E-state index is -2.45. The molecular formula is C14H24F2O. The summed E-state index contributed by atoms with van der Waals surface area (Å²) in [6.07, 6.45) is 2.65. The second kappa shape index (κ2) is 3.91. The summed E-state index contributed by atoms with van der Waals surface area (Å²) < 4.78 is 32.0. The number of rotatable bonds is 4. The third kappa shape index (κ3) is 2.49. The van der Waals surface area contributed by atoms with Crippen molar-refractivity contribution in [2.75, 3.05) is 6.61 Å². The lowest BCUT2D eigenvalue weighted by Gasteiger charge is -2.55. The predicted molar refractivity (Wildman–Crippen MR) is 64.2 cm³/mol. The number of ether oxygens (including phenoxy) is 1. The molecule has 0 radical (unpaired) electrons. The Labute approximate surface area is 103 Å². The molecule has 0 amide bonds. The van der Waals surface area contributed by atoms with Gasteiger partial charge in [0.25, 0.3) is 0 Å². The van der Waals surface area contributed by atoms with Gasteiger partial charge in [-0.3, -0.25) is 0 Å². The van der Waals surface area contributed by atoms with E-state index >= 15 is 0 Å². The summed E-state index contributed by atoms with van der Waals surface area (Å²) in [5, 5.41) is 0. The van der Waals surface area contributed by atoms with Crippen LogP contribution in [0.5, 0.6) is 0 Å². The van der Waals surface area contributed by atoms with E-state index in [2.05, 4.69) is 20.8 Å². The van der Waals surface area contributed by atoms with Crippen LogP contribution in [-0.2, 0) is 4.74 Å². The molecule has 0 saturated heterocycles. The molecule has 100 valence electrons. The third-order valence-electron chi connectivity index (χ3n) is 4.94. The van der Waals surface area contributed by atoms with Crippen molar-refractivity contribution in [1.82, 2.24) is 0 Å². The molecule has 0 aromatic heterocycles. The zero-order chi connectivity index (χ0) is 12.9. The van der Waals surface area contributed by atoms with Gasteiger partial charge in [0, 0.05) is 12.8 Å². The van der Waals surface area contributed by atoms with Gasteiger partial charge in [0.05, 0.1) is 12.7 Å². The van der Waals surface area contributed by atoms with Gasteiger partial charge in [0.1, 0.15) is 0 Å². The van der Waals surface area contributed by atoms with Crippen LogP contribution >= 0.6 is 0 Å². The van der Waals surface area contributed by atoms with Crippen LogP contribution in [0.1, 0.15) is 53.4 Å². The van der Waals surface area contributed by atoms with Crippen LogP contribution in [0.25, 0.3) is 0 Å². The molecule has 0 N–H and O–H groups in total. The van der Waals surface area contributed by atoms with Gasteiger partial charge in [-0.05, 0) is 29.6 Å². The van der Waals surface area contributed by atoms with Crippen LogP contribution in [0.15, 0.2) is 0 Å². The van der Waals surface area contributed by atoms with Crippen molar-refractivity contribution < 1.29 is 13.5 Å². The van der Waals surface area contributed by atoms with E-state index in [-0.39, 0.29) is 23.7 Å². The van der Waals surface area contributed by atoms with Gasteiger partial charge >= 0.3 is 0 Å². The first kappa shape index (κ1) is 13.3. The van der Waals surface area contributed by atoms with Gasteiger partial charge in [-0.25, -0.2) is 8.78 Å². The van der Waals surface area contributed by atoms with Crippen LogP contribution in [0.3, 0.4) is 0 Å². The lowest BCUT2D eigenvalue weighted by atomic mass is 9.54. The normalized spacial score (nSPS) is 34.9. The molecule has 2 saturated carbocycles. The van der Waals surface area contributed by atoms with Crippen molar-refractivity contribution in [3.63, 3.8) is 0 Å². The highest BCUT2D eigenvalue weighted by molar-refractivity contribution is 5.03. The van der Waals surface area contributed by atoms with E-state index in [0.29, 0.717) is 12.7 Å². The van der Waals surface area contributed by atoms with E-state index in [1.165, 1.54) is 0 Å². The van der Waals surface area contributed by atoms with Crippen molar-refractivity contribution in [3.8, 4) is 0 Å². The molecule has 0 aliphatic heterocycles. The van der Waals surface area contributed by atoms with E-state index in [4.69, 9.17) is 4.74 Å². The third-order valence-corrected chi connectivity index (χ3v) is 4.94. The largest absolute Gasteiger partial charge is 0.378 e. The van der Waals surface area contributed by atoms with Crippen LogP contribution < -0.4 is 0 Å². The maximum Gasteiger partial charge on any atom is 0.249 e. The number of halogens is 2. The summed E-state index contributed by atoms with van der Waals surface area (Å²) in [7, 11) is 0. The molecule has 2 aliphatic carbocycles. The van der Waals surface area contributed by atoms with Gasteiger partial charge in [-0.1, -0.05) is 27.7 Å². The summed E-state index contributed by atoms with van der Waals surface area (Å²) in [6, 6.07) is 0. The lowest BCUT2D eigenvalue weighted by Crippen LogP contribution is -2.54. The summed E-state index contributed by atoms with van der Waals surface area (Å²) in [5.74, 6) is -1.68. The molecule has 0 spiro atoms.